The van der Waals surface area contributed by atoms with Gasteiger partial charge < -0.3 is 10.1 Å². The number of carbonyl (C=O) groups is 1. The summed E-state index contributed by atoms with van der Waals surface area (Å²) in [6, 6.07) is 13.0. The van der Waals surface area contributed by atoms with E-state index in [0.29, 0.717) is 23.4 Å². The average molecular weight is 320 g/mol. The fourth-order valence-corrected chi connectivity index (χ4v) is 2.70. The van der Waals surface area contributed by atoms with Crippen LogP contribution in [0.2, 0.25) is 0 Å². The van der Waals surface area contributed by atoms with Crippen molar-refractivity contribution in [3.05, 3.63) is 48.5 Å². The summed E-state index contributed by atoms with van der Waals surface area (Å²) >= 11 is 0. The first kappa shape index (κ1) is 16.0. The Morgan fingerprint density at radius 2 is 1.77 bits per heavy atom. The second-order valence-electron chi connectivity index (χ2n) is 4.49. The molecule has 0 saturated heterocycles. The Bertz CT molecular complexity index is 770. The maximum atomic E-state index is 11.6. The summed E-state index contributed by atoms with van der Waals surface area (Å²) in [5.74, 6) is 0.364. The first-order valence-corrected chi connectivity index (χ1v) is 8.14. The minimum absolute atomic E-state index is 0.0485. The van der Waals surface area contributed by atoms with E-state index in [9.17, 15) is 13.2 Å². The largest absolute Gasteiger partial charge is 0.412 e. The van der Waals surface area contributed by atoms with Crippen LogP contribution in [0.3, 0.4) is 0 Å². The Morgan fingerprint density at radius 1 is 1.14 bits per heavy atom. The van der Waals surface area contributed by atoms with Crippen molar-refractivity contribution in [2.75, 3.05) is 6.54 Å². The van der Waals surface area contributed by atoms with E-state index in [1.54, 1.807) is 49.4 Å². The summed E-state index contributed by atoms with van der Waals surface area (Å²) in [6.07, 6.45) is -0.541. The molecule has 2 rings (SSSR count). The lowest BCUT2D eigenvalue weighted by Gasteiger charge is -2.09. The van der Waals surface area contributed by atoms with Crippen LogP contribution in [0.25, 0.3) is 11.1 Å². The van der Waals surface area contributed by atoms with Gasteiger partial charge in [-0.15, -0.1) is 0 Å². The minimum Gasteiger partial charge on any atom is -0.410 e. The van der Waals surface area contributed by atoms with Gasteiger partial charge in [0.25, 0.3) is 0 Å². The number of hydrogen-bond acceptors (Lipinski definition) is 4. The van der Waals surface area contributed by atoms with Crippen LogP contribution in [0.1, 0.15) is 6.92 Å². The van der Waals surface area contributed by atoms with Gasteiger partial charge in [0.15, 0.2) is 0 Å². The maximum absolute atomic E-state index is 11.6. The summed E-state index contributed by atoms with van der Waals surface area (Å²) in [4.78, 5) is 11.4. The Labute approximate surface area is 129 Å². The Hall–Kier alpha value is -2.38. The molecule has 0 aromatic heterocycles. The van der Waals surface area contributed by atoms with Crippen LogP contribution in [-0.4, -0.2) is 21.1 Å². The number of benzene rings is 2. The van der Waals surface area contributed by atoms with Crippen molar-refractivity contribution < 1.29 is 17.9 Å². The van der Waals surface area contributed by atoms with E-state index in [2.05, 4.69) is 5.32 Å². The maximum Gasteiger partial charge on any atom is 0.412 e. The molecule has 0 saturated carbocycles. The number of carbonyl (C=O) groups excluding carboxylic acids is 1. The van der Waals surface area contributed by atoms with Gasteiger partial charge in [-0.2, -0.15) is 0 Å². The summed E-state index contributed by atoms with van der Waals surface area (Å²) in [7, 11) is -3.81. The van der Waals surface area contributed by atoms with Crippen LogP contribution in [-0.2, 0) is 10.0 Å². The van der Waals surface area contributed by atoms with E-state index in [-0.39, 0.29) is 4.90 Å². The monoisotopic (exact) mass is 320 g/mol. The van der Waals surface area contributed by atoms with Gasteiger partial charge in [-0.05, 0) is 30.7 Å². The number of primary sulfonamides is 1. The summed E-state index contributed by atoms with van der Waals surface area (Å²) < 4.78 is 28.3. The lowest BCUT2D eigenvalue weighted by atomic mass is 10.1. The van der Waals surface area contributed by atoms with Gasteiger partial charge in [0.05, 0.1) is 4.90 Å². The van der Waals surface area contributed by atoms with Crippen molar-refractivity contribution in [2.24, 2.45) is 5.14 Å². The molecule has 0 aliphatic rings. The Morgan fingerprint density at radius 3 is 2.36 bits per heavy atom. The normalized spacial score (nSPS) is 11.0. The third kappa shape index (κ3) is 3.84. The highest BCUT2D eigenvalue weighted by Gasteiger charge is 2.14. The standard InChI is InChI=1S/C15H16N2O4S/c1-2-17-15(18)21-12-9-7-11(8-10-12)13-5-3-4-6-14(13)22(16,19)20/h3-10H,2H2,1H3,(H,17,18)(H2,16,19,20). The van der Waals surface area contributed by atoms with E-state index in [4.69, 9.17) is 9.88 Å². The van der Waals surface area contributed by atoms with Crippen molar-refractivity contribution in [3.63, 3.8) is 0 Å². The number of amides is 1. The number of ether oxygens (including phenoxy) is 1. The zero-order chi connectivity index (χ0) is 16.2. The SMILES string of the molecule is CCNC(=O)Oc1ccc(-c2ccccc2S(N)(=O)=O)cc1. The molecule has 22 heavy (non-hydrogen) atoms. The zero-order valence-corrected chi connectivity index (χ0v) is 12.8. The van der Waals surface area contributed by atoms with E-state index < -0.39 is 16.1 Å². The van der Waals surface area contributed by atoms with Gasteiger partial charge in [0, 0.05) is 12.1 Å². The molecule has 0 heterocycles. The molecule has 0 spiro atoms. The quantitative estimate of drug-likeness (QED) is 0.901. The molecule has 0 unspecified atom stereocenters. The van der Waals surface area contributed by atoms with Gasteiger partial charge in [-0.1, -0.05) is 30.3 Å². The Kier molecular flexibility index (Phi) is 4.79. The number of nitrogens with two attached hydrogens (primary N) is 1. The fourth-order valence-electron chi connectivity index (χ4n) is 1.94. The molecule has 1 amide bonds. The lowest BCUT2D eigenvalue weighted by molar-refractivity contribution is 0.201. The third-order valence-electron chi connectivity index (χ3n) is 2.89. The molecule has 0 aliphatic heterocycles. The van der Waals surface area contributed by atoms with Crippen LogP contribution >= 0.6 is 0 Å². The van der Waals surface area contributed by atoms with E-state index in [1.807, 2.05) is 0 Å². The minimum atomic E-state index is -3.81. The van der Waals surface area contributed by atoms with Gasteiger partial charge in [0.2, 0.25) is 10.0 Å². The smallest absolute Gasteiger partial charge is 0.410 e. The highest BCUT2D eigenvalue weighted by Crippen LogP contribution is 2.28. The van der Waals surface area contributed by atoms with Gasteiger partial charge in [-0.25, -0.2) is 18.4 Å². The summed E-state index contributed by atoms with van der Waals surface area (Å²) in [5, 5.41) is 7.73. The number of sulfonamides is 1. The van der Waals surface area contributed by atoms with Crippen LogP contribution in [0.15, 0.2) is 53.4 Å². The second kappa shape index (κ2) is 6.59. The highest BCUT2D eigenvalue weighted by atomic mass is 32.2. The first-order valence-electron chi connectivity index (χ1n) is 6.59. The summed E-state index contributed by atoms with van der Waals surface area (Å²) in [5.41, 5.74) is 1.16. The van der Waals surface area contributed by atoms with Crippen LogP contribution in [0.4, 0.5) is 4.79 Å². The first-order chi connectivity index (χ1) is 10.4. The average Bonchev–Trinajstić information content (AvgIpc) is 2.47. The topological polar surface area (TPSA) is 98.5 Å². The molecule has 0 atom stereocenters. The lowest BCUT2D eigenvalue weighted by Crippen LogP contribution is -2.26. The molecule has 0 bridgehead atoms. The zero-order valence-electron chi connectivity index (χ0n) is 11.9. The van der Waals surface area contributed by atoms with Crippen molar-refractivity contribution in [1.29, 1.82) is 0 Å². The molecule has 0 aliphatic carbocycles. The van der Waals surface area contributed by atoms with Crippen LogP contribution < -0.4 is 15.2 Å². The van der Waals surface area contributed by atoms with Gasteiger partial charge >= 0.3 is 6.09 Å². The Balaban J connectivity index is 2.31. The molecule has 0 radical (unpaired) electrons. The predicted molar refractivity (Wildman–Crippen MR) is 83.0 cm³/mol. The summed E-state index contributed by atoms with van der Waals surface area (Å²) in [6.45, 7) is 2.26. The van der Waals surface area contributed by atoms with Crippen LogP contribution in [0, 0.1) is 0 Å². The molecule has 3 N–H and O–H groups in total. The van der Waals surface area contributed by atoms with E-state index in [1.165, 1.54) is 6.07 Å². The third-order valence-corrected chi connectivity index (χ3v) is 3.86. The second-order valence-corrected chi connectivity index (χ2v) is 6.02. The van der Waals surface area contributed by atoms with Gasteiger partial charge in [0.1, 0.15) is 5.75 Å². The van der Waals surface area contributed by atoms with Crippen LogP contribution in [0.5, 0.6) is 5.75 Å². The molecular formula is C15H16N2O4S. The number of hydrogen-bond donors (Lipinski definition) is 2. The molecule has 2 aromatic rings. The number of nitrogens with one attached hydrogen (secondary N) is 1. The molecule has 6 nitrogen and oxygen atoms in total. The molecule has 7 heteroatoms. The van der Waals surface area contributed by atoms with Crippen molar-refractivity contribution in [2.45, 2.75) is 11.8 Å². The molecular weight excluding hydrogens is 304 g/mol. The molecule has 2 aromatic carbocycles. The van der Waals surface area contributed by atoms with E-state index in [0.717, 1.165) is 0 Å². The van der Waals surface area contributed by atoms with Crippen molar-refractivity contribution >= 4 is 16.1 Å². The molecule has 0 fully saturated rings. The van der Waals surface area contributed by atoms with Crippen molar-refractivity contribution in [3.8, 4) is 16.9 Å². The van der Waals surface area contributed by atoms with E-state index >= 15 is 0 Å². The highest BCUT2D eigenvalue weighted by molar-refractivity contribution is 7.89. The fraction of sp³-hybridized carbons (Fsp3) is 0.133. The number of rotatable bonds is 4. The van der Waals surface area contributed by atoms with Crippen molar-refractivity contribution in [1.82, 2.24) is 5.32 Å². The van der Waals surface area contributed by atoms with Gasteiger partial charge in [-0.3, -0.25) is 0 Å². The molecule has 116 valence electrons. The predicted octanol–water partition coefficient (Wildman–Crippen LogP) is 2.11.